The average Bonchev–Trinajstić information content (AvgIpc) is 3.23. The molecule has 4 rings (SSSR count). The lowest BCUT2D eigenvalue weighted by Gasteiger charge is -2.30. The van der Waals surface area contributed by atoms with Crippen molar-refractivity contribution in [1.82, 2.24) is 19.5 Å². The van der Waals surface area contributed by atoms with Gasteiger partial charge in [-0.1, -0.05) is 30.3 Å². The van der Waals surface area contributed by atoms with Gasteiger partial charge in [-0.2, -0.15) is 0 Å². The number of ether oxygens (including phenoxy) is 1. The second kappa shape index (κ2) is 8.31. The first-order valence-corrected chi connectivity index (χ1v) is 9.58. The number of rotatable bonds is 5. The van der Waals surface area contributed by atoms with Crippen molar-refractivity contribution >= 4 is 11.9 Å². The van der Waals surface area contributed by atoms with Gasteiger partial charge in [0.25, 0.3) is 0 Å². The topological polar surface area (TPSA) is 81.9 Å². The molecule has 0 bridgehead atoms. The fourth-order valence-corrected chi connectivity index (χ4v) is 3.54. The predicted molar refractivity (Wildman–Crippen MR) is 105 cm³/mol. The van der Waals surface area contributed by atoms with Gasteiger partial charge in [0.05, 0.1) is 11.6 Å². The summed E-state index contributed by atoms with van der Waals surface area (Å²) in [5, 5.41) is 2.87. The highest BCUT2D eigenvalue weighted by Crippen LogP contribution is 2.33. The van der Waals surface area contributed by atoms with E-state index in [4.69, 9.17) is 4.74 Å². The van der Waals surface area contributed by atoms with Crippen LogP contribution >= 0.6 is 0 Å². The minimum atomic E-state index is -0.360. The van der Waals surface area contributed by atoms with Crippen molar-refractivity contribution in [3.05, 3.63) is 60.8 Å². The quantitative estimate of drug-likeness (QED) is 0.736. The summed E-state index contributed by atoms with van der Waals surface area (Å²) in [7, 11) is 0. The normalized spacial score (nSPS) is 19.3. The largest absolute Gasteiger partial charge is 0.369 e. The molecule has 1 aromatic carbocycles. The average molecular weight is 377 g/mol. The molecule has 3 aromatic rings. The minimum absolute atomic E-state index is 0.138. The van der Waals surface area contributed by atoms with Gasteiger partial charge < -0.3 is 9.30 Å². The van der Waals surface area contributed by atoms with E-state index in [1.807, 2.05) is 54.1 Å². The summed E-state index contributed by atoms with van der Waals surface area (Å²) in [6, 6.07) is 11.6. The fraction of sp³-hybridized carbons (Fsp3) is 0.333. The molecule has 0 aliphatic carbocycles. The highest BCUT2D eigenvalue weighted by molar-refractivity contribution is 5.91. The molecular formula is C21H23N5O2. The van der Waals surface area contributed by atoms with Gasteiger partial charge in [-0.25, -0.2) is 15.0 Å². The van der Waals surface area contributed by atoms with Crippen LogP contribution < -0.4 is 5.32 Å². The number of aromatic nitrogens is 4. The van der Waals surface area contributed by atoms with E-state index in [9.17, 15) is 4.79 Å². The Labute approximate surface area is 163 Å². The molecule has 1 aliphatic rings. The lowest BCUT2D eigenvalue weighted by molar-refractivity contribution is -0.130. The molecule has 0 radical (unpaired) electrons. The third kappa shape index (κ3) is 3.80. The van der Waals surface area contributed by atoms with Crippen LogP contribution in [0.25, 0.3) is 11.3 Å². The molecule has 1 N–H and O–H groups in total. The second-order valence-electron chi connectivity index (χ2n) is 6.73. The predicted octanol–water partition coefficient (Wildman–Crippen LogP) is 3.47. The number of anilines is 1. The van der Waals surface area contributed by atoms with Gasteiger partial charge in [0.2, 0.25) is 11.9 Å². The van der Waals surface area contributed by atoms with Crippen LogP contribution in [0, 0.1) is 5.92 Å². The van der Waals surface area contributed by atoms with E-state index < -0.39 is 0 Å². The molecule has 1 saturated heterocycles. The lowest BCUT2D eigenvalue weighted by atomic mass is 9.92. The van der Waals surface area contributed by atoms with Crippen molar-refractivity contribution in [3.63, 3.8) is 0 Å². The van der Waals surface area contributed by atoms with Crippen molar-refractivity contribution in [2.75, 3.05) is 11.9 Å². The number of nitrogens with one attached hydrogen (secondary N) is 1. The van der Waals surface area contributed by atoms with Crippen molar-refractivity contribution in [2.45, 2.75) is 32.4 Å². The van der Waals surface area contributed by atoms with Crippen LogP contribution in [0.15, 0.2) is 55.0 Å². The molecule has 0 unspecified atom stereocenters. The van der Waals surface area contributed by atoms with Gasteiger partial charge >= 0.3 is 0 Å². The number of carbonyl (C=O) groups excluding carboxylic acids is 1. The maximum absolute atomic E-state index is 13.0. The van der Waals surface area contributed by atoms with Gasteiger partial charge in [-0.05, 0) is 25.8 Å². The molecule has 1 amide bonds. The zero-order valence-corrected chi connectivity index (χ0v) is 15.8. The van der Waals surface area contributed by atoms with Crippen LogP contribution in [0.1, 0.15) is 31.7 Å². The van der Waals surface area contributed by atoms with Crippen molar-refractivity contribution < 1.29 is 9.53 Å². The van der Waals surface area contributed by atoms with Crippen LogP contribution in [0.5, 0.6) is 0 Å². The fourth-order valence-electron chi connectivity index (χ4n) is 3.54. The molecule has 28 heavy (non-hydrogen) atoms. The first-order chi connectivity index (χ1) is 13.8. The van der Waals surface area contributed by atoms with Crippen molar-refractivity contribution in [2.24, 2.45) is 5.92 Å². The number of nitrogens with zero attached hydrogens (tertiary/aromatic N) is 4. The van der Waals surface area contributed by atoms with E-state index in [1.54, 1.807) is 12.4 Å². The molecule has 0 saturated carbocycles. The van der Waals surface area contributed by atoms with Crippen LogP contribution in [-0.2, 0) is 16.1 Å². The van der Waals surface area contributed by atoms with E-state index in [2.05, 4.69) is 20.3 Å². The number of amides is 1. The maximum Gasteiger partial charge on any atom is 0.232 e. The molecule has 7 heteroatoms. The van der Waals surface area contributed by atoms with Crippen molar-refractivity contribution in [1.29, 1.82) is 0 Å². The molecule has 2 atom stereocenters. The zero-order valence-electron chi connectivity index (χ0n) is 15.8. The molecule has 7 nitrogen and oxygen atoms in total. The number of hydrogen-bond donors (Lipinski definition) is 1. The summed E-state index contributed by atoms with van der Waals surface area (Å²) >= 11 is 0. The Hall–Kier alpha value is -3.06. The Morgan fingerprint density at radius 3 is 2.89 bits per heavy atom. The Kier molecular flexibility index (Phi) is 5.43. The Morgan fingerprint density at radius 2 is 2.07 bits per heavy atom. The number of aryl methyl sites for hydroxylation is 1. The maximum atomic E-state index is 13.0. The summed E-state index contributed by atoms with van der Waals surface area (Å²) < 4.78 is 7.96. The zero-order chi connectivity index (χ0) is 19.3. The molecule has 1 aliphatic heterocycles. The summed E-state index contributed by atoms with van der Waals surface area (Å²) in [5.74, 6) is 0.627. The summed E-state index contributed by atoms with van der Waals surface area (Å²) in [6.07, 6.45) is 6.54. The van der Waals surface area contributed by atoms with Crippen LogP contribution in [0.4, 0.5) is 5.95 Å². The van der Waals surface area contributed by atoms with Gasteiger partial charge in [-0.3, -0.25) is 10.1 Å². The molecular weight excluding hydrogens is 354 g/mol. The second-order valence-corrected chi connectivity index (χ2v) is 6.73. The van der Waals surface area contributed by atoms with Gasteiger partial charge in [0.1, 0.15) is 11.9 Å². The third-order valence-electron chi connectivity index (χ3n) is 4.96. The van der Waals surface area contributed by atoms with Gasteiger partial charge in [-0.15, -0.1) is 0 Å². The number of hydrogen-bond acceptors (Lipinski definition) is 5. The first kappa shape index (κ1) is 18.3. The van der Waals surface area contributed by atoms with E-state index in [1.165, 1.54) is 0 Å². The minimum Gasteiger partial charge on any atom is -0.369 e. The highest BCUT2D eigenvalue weighted by atomic mass is 16.5. The van der Waals surface area contributed by atoms with E-state index in [-0.39, 0.29) is 17.9 Å². The Bertz CT molecular complexity index is 941. The smallest absolute Gasteiger partial charge is 0.232 e. The molecule has 3 heterocycles. The number of imidazole rings is 1. The van der Waals surface area contributed by atoms with Gasteiger partial charge in [0, 0.05) is 37.3 Å². The number of carbonyl (C=O) groups is 1. The van der Waals surface area contributed by atoms with Crippen LogP contribution in [-0.4, -0.2) is 32.0 Å². The highest BCUT2D eigenvalue weighted by Gasteiger charge is 2.36. The van der Waals surface area contributed by atoms with E-state index in [0.717, 1.165) is 36.5 Å². The molecule has 2 aromatic heterocycles. The van der Waals surface area contributed by atoms with Gasteiger partial charge in [0.15, 0.2) is 0 Å². The summed E-state index contributed by atoms with van der Waals surface area (Å²) in [6.45, 7) is 3.46. The van der Waals surface area contributed by atoms with E-state index in [0.29, 0.717) is 12.6 Å². The summed E-state index contributed by atoms with van der Waals surface area (Å²) in [5.41, 5.74) is 1.74. The molecule has 0 spiro atoms. The Morgan fingerprint density at radius 1 is 1.21 bits per heavy atom. The molecule has 144 valence electrons. The SMILES string of the molecule is CCn1ccnc1[C@@H]1OCCC[C@H]1C(=O)Nc1nccc(-c2ccccc2)n1. The standard InChI is InChI=1S/C21H23N5O2/c1-2-26-13-12-22-19(26)18-16(9-6-14-28-18)20(27)25-21-23-11-10-17(24-21)15-7-4-3-5-8-15/h3-5,7-8,10-13,16,18H,2,6,9,14H2,1H3,(H,23,24,25,27)/t16-,18-/m1/s1. The lowest BCUT2D eigenvalue weighted by Crippen LogP contribution is -2.35. The molecule has 1 fully saturated rings. The van der Waals surface area contributed by atoms with Crippen LogP contribution in [0.2, 0.25) is 0 Å². The first-order valence-electron chi connectivity index (χ1n) is 9.58. The number of benzene rings is 1. The van der Waals surface area contributed by atoms with Crippen LogP contribution in [0.3, 0.4) is 0 Å². The monoisotopic (exact) mass is 377 g/mol. The third-order valence-corrected chi connectivity index (χ3v) is 4.96. The van der Waals surface area contributed by atoms with E-state index >= 15 is 0 Å². The summed E-state index contributed by atoms with van der Waals surface area (Å²) in [4.78, 5) is 26.2. The van der Waals surface area contributed by atoms with Crippen molar-refractivity contribution in [3.8, 4) is 11.3 Å². The Balaban J connectivity index is 1.54.